The van der Waals surface area contributed by atoms with E-state index >= 15 is 0 Å². The summed E-state index contributed by atoms with van der Waals surface area (Å²) >= 11 is 0. The third-order valence-corrected chi connectivity index (χ3v) is 4.74. The summed E-state index contributed by atoms with van der Waals surface area (Å²) in [4.78, 5) is 20.3. The number of rotatable bonds is 6. The summed E-state index contributed by atoms with van der Waals surface area (Å²) in [5, 5.41) is 20.9. The van der Waals surface area contributed by atoms with Gasteiger partial charge in [-0.05, 0) is 18.9 Å². The molecular weight excluding hydrogens is 360 g/mol. The minimum atomic E-state index is -3.03. The summed E-state index contributed by atoms with van der Waals surface area (Å²) in [6.07, 6.45) is 2.47. The maximum Gasteiger partial charge on any atom is 0.404 e. The van der Waals surface area contributed by atoms with Gasteiger partial charge in [0.2, 0.25) is 5.95 Å². The Morgan fingerprint density at radius 2 is 2.22 bits per heavy atom. The van der Waals surface area contributed by atoms with E-state index in [-0.39, 0.29) is 19.0 Å². The fraction of sp³-hybridized carbons (Fsp3) is 0.500. The Morgan fingerprint density at radius 3 is 2.96 bits per heavy atom. The Bertz CT molecular complexity index is 840. The Kier molecular flexibility index (Phi) is 4.28. The summed E-state index contributed by atoms with van der Waals surface area (Å²) in [6.45, 7) is -0.921. The first kappa shape index (κ1) is 17.4. The molecule has 0 spiro atoms. The van der Waals surface area contributed by atoms with Gasteiger partial charge in [-0.2, -0.15) is 10.1 Å². The molecule has 2 aromatic rings. The molecule has 1 saturated heterocycles. The first-order chi connectivity index (χ1) is 12.9. The van der Waals surface area contributed by atoms with Crippen LogP contribution in [0.1, 0.15) is 24.5 Å². The van der Waals surface area contributed by atoms with Gasteiger partial charge in [-0.1, -0.05) is 0 Å². The van der Waals surface area contributed by atoms with Crippen LogP contribution in [0, 0.1) is 5.92 Å². The second-order valence-corrected chi connectivity index (χ2v) is 6.87. The van der Waals surface area contributed by atoms with E-state index in [2.05, 4.69) is 25.5 Å². The number of aromatic amines is 1. The lowest BCUT2D eigenvalue weighted by molar-refractivity contribution is -0.0193. The third kappa shape index (κ3) is 3.91. The maximum atomic E-state index is 14.2. The molecule has 3 heterocycles. The Balaban J connectivity index is 1.44. The number of alkyl halides is 2. The Morgan fingerprint density at radius 1 is 1.41 bits per heavy atom. The summed E-state index contributed by atoms with van der Waals surface area (Å²) in [7, 11) is 0. The standard InChI is InChI=1S/C16H19F2N7O2/c17-16(18)8-25(7-10(16)6-20-15(26)27)14-19-4-3-12(22-14)21-13-5-11(23-24-13)9-1-2-9/h3-5,9-10,20H,1-2,6-8H2,(H,26,27)(H2,19,21,22,23,24). The highest BCUT2D eigenvalue weighted by Crippen LogP contribution is 2.39. The minimum absolute atomic E-state index is 0.0367. The number of aromatic nitrogens is 4. The van der Waals surface area contributed by atoms with Gasteiger partial charge in [0.05, 0.1) is 12.5 Å². The molecule has 0 radical (unpaired) electrons. The largest absolute Gasteiger partial charge is 0.465 e. The Labute approximate surface area is 153 Å². The van der Waals surface area contributed by atoms with E-state index in [1.807, 2.05) is 11.4 Å². The number of halogens is 2. The van der Waals surface area contributed by atoms with E-state index < -0.39 is 24.5 Å². The molecule has 0 aromatic carbocycles. The highest BCUT2D eigenvalue weighted by molar-refractivity contribution is 5.64. The fourth-order valence-electron chi connectivity index (χ4n) is 3.13. The molecule has 1 atom stereocenters. The fourth-order valence-corrected chi connectivity index (χ4v) is 3.13. The summed E-state index contributed by atoms with van der Waals surface area (Å²) < 4.78 is 28.3. The van der Waals surface area contributed by atoms with Gasteiger partial charge >= 0.3 is 6.09 Å². The highest BCUT2D eigenvalue weighted by atomic mass is 19.3. The average molecular weight is 379 g/mol. The smallest absolute Gasteiger partial charge is 0.404 e. The number of H-pyrrole nitrogens is 1. The van der Waals surface area contributed by atoms with Gasteiger partial charge in [-0.15, -0.1) is 0 Å². The molecule has 9 nitrogen and oxygen atoms in total. The van der Waals surface area contributed by atoms with E-state index in [1.54, 1.807) is 6.07 Å². The van der Waals surface area contributed by atoms with Crippen LogP contribution in [0.2, 0.25) is 0 Å². The molecule has 2 fully saturated rings. The number of anilines is 3. The van der Waals surface area contributed by atoms with E-state index in [0.29, 0.717) is 17.6 Å². The van der Waals surface area contributed by atoms with Crippen molar-refractivity contribution in [2.75, 3.05) is 29.9 Å². The van der Waals surface area contributed by atoms with Crippen LogP contribution in [-0.2, 0) is 0 Å². The van der Waals surface area contributed by atoms with Crippen LogP contribution in [0.5, 0.6) is 0 Å². The monoisotopic (exact) mass is 379 g/mol. The first-order valence-corrected chi connectivity index (χ1v) is 8.65. The predicted octanol–water partition coefficient (Wildman–Crippen LogP) is 2.16. The van der Waals surface area contributed by atoms with E-state index in [0.717, 1.165) is 18.5 Å². The van der Waals surface area contributed by atoms with E-state index in [4.69, 9.17) is 5.11 Å². The summed E-state index contributed by atoms with van der Waals surface area (Å²) in [5.41, 5.74) is 1.07. The quantitative estimate of drug-likeness (QED) is 0.607. The maximum absolute atomic E-state index is 14.2. The highest BCUT2D eigenvalue weighted by Gasteiger charge is 2.48. The molecule has 1 amide bonds. The van der Waals surface area contributed by atoms with E-state index in [9.17, 15) is 13.6 Å². The number of carbonyl (C=O) groups is 1. The van der Waals surface area contributed by atoms with Gasteiger partial charge in [0, 0.05) is 37.0 Å². The molecular formula is C16H19F2N7O2. The Hall–Kier alpha value is -2.98. The molecule has 27 heavy (non-hydrogen) atoms. The normalized spacial score (nSPS) is 21.3. The number of hydrogen-bond acceptors (Lipinski definition) is 6. The van der Waals surface area contributed by atoms with Crippen molar-refractivity contribution < 1.29 is 18.7 Å². The van der Waals surface area contributed by atoms with Gasteiger partial charge in [0.15, 0.2) is 5.82 Å². The zero-order chi connectivity index (χ0) is 19.0. The van der Waals surface area contributed by atoms with Crippen LogP contribution in [0.4, 0.5) is 31.2 Å². The van der Waals surface area contributed by atoms with Crippen LogP contribution < -0.4 is 15.5 Å². The van der Waals surface area contributed by atoms with Crippen molar-refractivity contribution in [3.05, 3.63) is 24.0 Å². The molecule has 4 rings (SSSR count). The van der Waals surface area contributed by atoms with Crippen molar-refractivity contribution in [3.8, 4) is 0 Å². The molecule has 144 valence electrons. The first-order valence-electron chi connectivity index (χ1n) is 8.65. The van der Waals surface area contributed by atoms with Crippen LogP contribution in [-0.4, -0.2) is 56.9 Å². The van der Waals surface area contributed by atoms with Gasteiger partial charge in [0.1, 0.15) is 5.82 Å². The number of nitrogens with zero attached hydrogens (tertiary/aromatic N) is 4. The number of nitrogens with one attached hydrogen (secondary N) is 3. The second kappa shape index (κ2) is 6.63. The van der Waals surface area contributed by atoms with E-state index in [1.165, 1.54) is 11.1 Å². The lowest BCUT2D eigenvalue weighted by atomic mass is 10.1. The molecule has 1 unspecified atom stereocenters. The molecule has 11 heteroatoms. The topological polar surface area (TPSA) is 119 Å². The molecule has 1 aliphatic heterocycles. The predicted molar refractivity (Wildman–Crippen MR) is 92.6 cm³/mol. The van der Waals surface area contributed by atoms with Gasteiger partial charge < -0.3 is 20.6 Å². The van der Waals surface area contributed by atoms with Gasteiger partial charge in [0.25, 0.3) is 5.92 Å². The zero-order valence-corrected chi connectivity index (χ0v) is 14.3. The van der Waals surface area contributed by atoms with Gasteiger partial charge in [-0.3, -0.25) is 5.10 Å². The molecule has 2 aliphatic rings. The molecule has 4 N–H and O–H groups in total. The molecule has 1 saturated carbocycles. The molecule has 1 aliphatic carbocycles. The van der Waals surface area contributed by atoms with Crippen LogP contribution in [0.3, 0.4) is 0 Å². The van der Waals surface area contributed by atoms with Crippen molar-refractivity contribution >= 4 is 23.7 Å². The summed E-state index contributed by atoms with van der Waals surface area (Å²) in [6, 6.07) is 3.55. The number of amides is 1. The number of carboxylic acid groups (broad SMARTS) is 1. The summed E-state index contributed by atoms with van der Waals surface area (Å²) in [5.74, 6) is -2.41. The average Bonchev–Trinajstić information content (AvgIpc) is 3.28. The van der Waals surface area contributed by atoms with Crippen LogP contribution >= 0.6 is 0 Å². The van der Waals surface area contributed by atoms with Gasteiger partial charge in [-0.25, -0.2) is 18.6 Å². The second-order valence-electron chi connectivity index (χ2n) is 6.87. The van der Waals surface area contributed by atoms with Crippen molar-refractivity contribution in [2.45, 2.75) is 24.7 Å². The van der Waals surface area contributed by atoms with Crippen molar-refractivity contribution in [2.24, 2.45) is 5.92 Å². The SMILES string of the molecule is O=C(O)NCC1CN(c2nccc(Nc3cc(C4CC4)[nH]n3)n2)CC1(F)F. The lowest BCUT2D eigenvalue weighted by Gasteiger charge is -2.16. The van der Waals surface area contributed by atoms with Crippen molar-refractivity contribution in [1.82, 2.24) is 25.5 Å². The zero-order valence-electron chi connectivity index (χ0n) is 14.3. The van der Waals surface area contributed by atoms with Crippen molar-refractivity contribution in [1.29, 1.82) is 0 Å². The third-order valence-electron chi connectivity index (χ3n) is 4.74. The van der Waals surface area contributed by atoms with Crippen molar-refractivity contribution in [3.63, 3.8) is 0 Å². The van der Waals surface area contributed by atoms with Crippen LogP contribution in [0.25, 0.3) is 0 Å². The number of hydrogen-bond donors (Lipinski definition) is 4. The van der Waals surface area contributed by atoms with Crippen LogP contribution in [0.15, 0.2) is 18.3 Å². The molecule has 0 bridgehead atoms. The molecule has 2 aromatic heterocycles. The lowest BCUT2D eigenvalue weighted by Crippen LogP contribution is -2.37. The minimum Gasteiger partial charge on any atom is -0.465 e.